The number of nitrogens with one attached hydrogen (secondary N) is 3. The highest BCUT2D eigenvalue weighted by Crippen LogP contribution is 2.25. The van der Waals surface area contributed by atoms with Gasteiger partial charge in [0.15, 0.2) is 0 Å². The highest BCUT2D eigenvalue weighted by molar-refractivity contribution is 6.34. The van der Waals surface area contributed by atoms with Crippen molar-refractivity contribution in [3.05, 3.63) is 28.8 Å². The first-order valence-corrected chi connectivity index (χ1v) is 9.51. The normalized spacial score (nSPS) is 20.6. The maximum absolute atomic E-state index is 12.4. The van der Waals surface area contributed by atoms with E-state index in [4.69, 9.17) is 11.6 Å². The van der Waals surface area contributed by atoms with Gasteiger partial charge in [0.05, 0.1) is 10.6 Å². The molecule has 1 aliphatic carbocycles. The minimum absolute atomic E-state index is 0. The average Bonchev–Trinajstić information content (AvgIpc) is 3.41. The predicted octanol–water partition coefficient (Wildman–Crippen LogP) is 3.62. The highest BCUT2D eigenvalue weighted by atomic mass is 35.5. The quantitative estimate of drug-likeness (QED) is 0.683. The molecule has 1 saturated heterocycles. The Balaban J connectivity index is 0.00000243. The molecule has 7 heteroatoms. The molecular weight excluding hydrogens is 373 g/mol. The van der Waals surface area contributed by atoms with Crippen LogP contribution in [0.25, 0.3) is 0 Å². The summed E-state index contributed by atoms with van der Waals surface area (Å²) < 4.78 is 0. The van der Waals surface area contributed by atoms with Crippen LogP contribution >= 0.6 is 24.0 Å². The second-order valence-corrected chi connectivity index (χ2v) is 7.69. The maximum atomic E-state index is 12.4. The van der Waals surface area contributed by atoms with E-state index in [2.05, 4.69) is 22.9 Å². The van der Waals surface area contributed by atoms with E-state index in [9.17, 15) is 9.59 Å². The van der Waals surface area contributed by atoms with Crippen LogP contribution in [0.4, 0.5) is 5.69 Å². The van der Waals surface area contributed by atoms with Crippen molar-refractivity contribution < 1.29 is 9.59 Å². The summed E-state index contributed by atoms with van der Waals surface area (Å²) in [7, 11) is 0. The van der Waals surface area contributed by atoms with Gasteiger partial charge in [0, 0.05) is 18.2 Å². The largest absolute Gasteiger partial charge is 0.349 e. The van der Waals surface area contributed by atoms with E-state index < -0.39 is 0 Å². The summed E-state index contributed by atoms with van der Waals surface area (Å²) in [6.45, 7) is 4.19. The first-order chi connectivity index (χ1) is 12.0. The zero-order valence-corrected chi connectivity index (χ0v) is 16.6. The van der Waals surface area contributed by atoms with Gasteiger partial charge in [0.1, 0.15) is 0 Å². The lowest BCUT2D eigenvalue weighted by Gasteiger charge is -2.28. The number of piperidine rings is 1. The summed E-state index contributed by atoms with van der Waals surface area (Å²) in [6, 6.07) is 5.32. The van der Waals surface area contributed by atoms with Gasteiger partial charge in [-0.2, -0.15) is 0 Å². The third kappa shape index (κ3) is 5.86. The molecule has 26 heavy (non-hydrogen) atoms. The van der Waals surface area contributed by atoms with Crippen LogP contribution in [0.3, 0.4) is 0 Å². The van der Waals surface area contributed by atoms with Gasteiger partial charge in [-0.3, -0.25) is 9.59 Å². The van der Waals surface area contributed by atoms with E-state index in [-0.39, 0.29) is 30.3 Å². The van der Waals surface area contributed by atoms with Crippen molar-refractivity contribution >= 4 is 41.5 Å². The van der Waals surface area contributed by atoms with Gasteiger partial charge < -0.3 is 16.0 Å². The molecule has 1 heterocycles. The molecule has 3 rings (SSSR count). The Kier molecular flexibility index (Phi) is 7.74. The minimum atomic E-state index is -0.176. The lowest BCUT2D eigenvalue weighted by Crippen LogP contribution is -2.34. The molecule has 3 N–H and O–H groups in total. The zero-order valence-electron chi connectivity index (χ0n) is 15.0. The van der Waals surface area contributed by atoms with Gasteiger partial charge in [-0.15, -0.1) is 12.4 Å². The topological polar surface area (TPSA) is 70.2 Å². The van der Waals surface area contributed by atoms with Crippen molar-refractivity contribution in [1.82, 2.24) is 10.6 Å². The van der Waals surface area contributed by atoms with Gasteiger partial charge in [-0.1, -0.05) is 18.5 Å². The number of rotatable bonds is 6. The molecule has 2 fully saturated rings. The third-order valence-electron chi connectivity index (χ3n) is 5.05. The number of halogens is 2. The zero-order chi connectivity index (χ0) is 17.8. The number of carbonyl (C=O) groups excluding carboxylic acids is 2. The first-order valence-electron chi connectivity index (χ1n) is 9.14. The van der Waals surface area contributed by atoms with E-state index in [1.165, 1.54) is 12.8 Å². The number of amides is 2. The predicted molar refractivity (Wildman–Crippen MR) is 107 cm³/mol. The molecule has 2 amide bonds. The fraction of sp³-hybridized carbons (Fsp3) is 0.579. The third-order valence-corrected chi connectivity index (χ3v) is 5.38. The standard InChI is InChI=1S/C19H26ClN3O2.ClH/c1-12(13-3-2-8-21-11-13)9-18(24)22-15-6-7-17(20)16(10-15)19(25)23-14-4-5-14;/h6-7,10,12-14,21H,2-5,8-9,11H2,1H3,(H,22,24)(H,23,25);1H. The number of hydrogen-bond donors (Lipinski definition) is 3. The van der Waals surface area contributed by atoms with Crippen LogP contribution < -0.4 is 16.0 Å². The van der Waals surface area contributed by atoms with Crippen LogP contribution in [-0.2, 0) is 4.79 Å². The average molecular weight is 400 g/mol. The summed E-state index contributed by atoms with van der Waals surface area (Å²) >= 11 is 6.14. The molecule has 1 aliphatic heterocycles. The Morgan fingerprint density at radius 1 is 1.31 bits per heavy atom. The van der Waals surface area contributed by atoms with Crippen molar-refractivity contribution in [3.63, 3.8) is 0 Å². The molecule has 0 aromatic heterocycles. The van der Waals surface area contributed by atoms with E-state index >= 15 is 0 Å². The summed E-state index contributed by atoms with van der Waals surface area (Å²) in [5, 5.41) is 9.62. The Hall–Kier alpha value is -1.30. The number of hydrogen-bond acceptors (Lipinski definition) is 3. The molecule has 2 unspecified atom stereocenters. The summed E-state index contributed by atoms with van der Waals surface area (Å²) in [4.78, 5) is 24.6. The number of carbonyl (C=O) groups is 2. The Morgan fingerprint density at radius 2 is 2.08 bits per heavy atom. The lowest BCUT2D eigenvalue weighted by atomic mass is 9.85. The second-order valence-electron chi connectivity index (χ2n) is 7.28. The van der Waals surface area contributed by atoms with Crippen molar-refractivity contribution in [2.45, 2.75) is 45.1 Å². The van der Waals surface area contributed by atoms with Crippen molar-refractivity contribution in [3.8, 4) is 0 Å². The minimum Gasteiger partial charge on any atom is -0.349 e. The molecule has 0 spiro atoms. The molecule has 1 aromatic rings. The molecule has 0 bridgehead atoms. The molecule has 0 radical (unpaired) electrons. The van der Waals surface area contributed by atoms with Crippen LogP contribution in [0, 0.1) is 11.8 Å². The fourth-order valence-electron chi connectivity index (χ4n) is 3.30. The first kappa shape index (κ1) is 21.0. The summed E-state index contributed by atoms with van der Waals surface area (Å²) in [6.07, 6.45) is 4.88. The Morgan fingerprint density at radius 3 is 2.73 bits per heavy atom. The molecule has 2 atom stereocenters. The fourth-order valence-corrected chi connectivity index (χ4v) is 3.51. The number of benzene rings is 1. The van der Waals surface area contributed by atoms with Crippen molar-refractivity contribution in [2.24, 2.45) is 11.8 Å². The van der Waals surface area contributed by atoms with Crippen LogP contribution in [0.5, 0.6) is 0 Å². The van der Waals surface area contributed by atoms with E-state index in [1.54, 1.807) is 18.2 Å². The summed E-state index contributed by atoms with van der Waals surface area (Å²) in [5.41, 5.74) is 1.03. The van der Waals surface area contributed by atoms with Crippen molar-refractivity contribution in [1.29, 1.82) is 0 Å². The summed E-state index contributed by atoms with van der Waals surface area (Å²) in [5.74, 6) is 0.682. The highest BCUT2D eigenvalue weighted by Gasteiger charge is 2.25. The van der Waals surface area contributed by atoms with Gasteiger partial charge in [0.2, 0.25) is 5.91 Å². The molecule has 2 aliphatic rings. The smallest absolute Gasteiger partial charge is 0.253 e. The van der Waals surface area contributed by atoms with Gasteiger partial charge >= 0.3 is 0 Å². The Labute approximate surface area is 166 Å². The van der Waals surface area contributed by atoms with Gasteiger partial charge in [-0.05, 0) is 68.8 Å². The number of anilines is 1. The van der Waals surface area contributed by atoms with Crippen molar-refractivity contribution in [2.75, 3.05) is 18.4 Å². The van der Waals surface area contributed by atoms with Crippen LogP contribution in [-0.4, -0.2) is 30.9 Å². The van der Waals surface area contributed by atoms with E-state index in [1.807, 2.05) is 0 Å². The van der Waals surface area contributed by atoms with Crippen LogP contribution in [0.2, 0.25) is 5.02 Å². The van der Waals surface area contributed by atoms with E-state index in [0.717, 1.165) is 25.9 Å². The SMILES string of the molecule is CC(CC(=O)Nc1ccc(Cl)c(C(=O)NC2CC2)c1)C1CCCNC1.Cl. The van der Waals surface area contributed by atoms with Gasteiger partial charge in [-0.25, -0.2) is 0 Å². The lowest BCUT2D eigenvalue weighted by molar-refractivity contribution is -0.117. The van der Waals surface area contributed by atoms with Crippen LogP contribution in [0.1, 0.15) is 49.4 Å². The maximum Gasteiger partial charge on any atom is 0.253 e. The van der Waals surface area contributed by atoms with E-state index in [0.29, 0.717) is 34.5 Å². The molecule has 1 aromatic carbocycles. The Bertz CT molecular complexity index is 644. The molecule has 5 nitrogen and oxygen atoms in total. The molecular formula is C19H27Cl2N3O2. The second kappa shape index (κ2) is 9.58. The van der Waals surface area contributed by atoms with Crippen LogP contribution in [0.15, 0.2) is 18.2 Å². The monoisotopic (exact) mass is 399 g/mol. The molecule has 1 saturated carbocycles. The van der Waals surface area contributed by atoms with Gasteiger partial charge in [0.25, 0.3) is 5.91 Å². The molecule has 144 valence electrons.